The Kier molecular flexibility index (Phi) is 4.55. The molecule has 5 nitrogen and oxygen atoms in total. The number of aliphatic hydroxyl groups is 1. The monoisotopic (exact) mass is 375 g/mol. The van der Waals surface area contributed by atoms with Crippen molar-refractivity contribution in [3.63, 3.8) is 0 Å². The normalized spacial score (nSPS) is 19.2. The second-order valence-electron chi connectivity index (χ2n) is 7.76. The lowest BCUT2D eigenvalue weighted by atomic mass is 9.92. The number of hydrogen-bond acceptors (Lipinski definition) is 3. The number of β-amino-alcohol motifs (C(OH)–C–C–N with tert-alkyl or cyclic N) is 1. The molecule has 144 valence electrons. The molecule has 0 saturated carbocycles. The van der Waals surface area contributed by atoms with Crippen LogP contribution in [0.4, 0.5) is 0 Å². The Bertz CT molecular complexity index is 1010. The molecule has 1 atom stereocenters. The van der Waals surface area contributed by atoms with Gasteiger partial charge in [0.15, 0.2) is 0 Å². The van der Waals surface area contributed by atoms with Crippen molar-refractivity contribution in [2.75, 3.05) is 13.1 Å². The van der Waals surface area contributed by atoms with Crippen molar-refractivity contribution in [1.29, 1.82) is 0 Å². The van der Waals surface area contributed by atoms with E-state index in [0.717, 1.165) is 28.2 Å². The zero-order chi connectivity index (χ0) is 19.9. The SMILES string of the molecule is Cc1ccc([C@]2(O)CCN(C(=O)c3ccc(-n4nc(C)cc4C)cc3)C2)cc1. The Hall–Kier alpha value is -2.92. The molecule has 4 rings (SSSR count). The summed E-state index contributed by atoms with van der Waals surface area (Å²) in [6, 6.07) is 17.4. The van der Waals surface area contributed by atoms with Gasteiger partial charge in [-0.1, -0.05) is 29.8 Å². The first kappa shape index (κ1) is 18.4. The number of aromatic nitrogens is 2. The molecule has 2 heterocycles. The van der Waals surface area contributed by atoms with Gasteiger partial charge in [0.25, 0.3) is 5.91 Å². The van der Waals surface area contributed by atoms with Gasteiger partial charge in [-0.3, -0.25) is 4.79 Å². The van der Waals surface area contributed by atoms with E-state index in [4.69, 9.17) is 0 Å². The topological polar surface area (TPSA) is 58.4 Å². The first-order valence-electron chi connectivity index (χ1n) is 9.58. The summed E-state index contributed by atoms with van der Waals surface area (Å²) in [4.78, 5) is 14.7. The Labute approximate surface area is 165 Å². The van der Waals surface area contributed by atoms with Gasteiger partial charge in [-0.05, 0) is 63.1 Å². The molecule has 1 aromatic heterocycles. The molecule has 0 bridgehead atoms. The first-order chi connectivity index (χ1) is 13.4. The molecule has 3 aromatic rings. The van der Waals surface area contributed by atoms with Crippen molar-refractivity contribution in [1.82, 2.24) is 14.7 Å². The summed E-state index contributed by atoms with van der Waals surface area (Å²) in [5.41, 5.74) is 4.62. The highest BCUT2D eigenvalue weighted by Crippen LogP contribution is 2.33. The number of nitrogens with zero attached hydrogens (tertiary/aromatic N) is 3. The second-order valence-corrected chi connectivity index (χ2v) is 7.76. The fraction of sp³-hybridized carbons (Fsp3) is 0.304. The van der Waals surface area contributed by atoms with Gasteiger partial charge in [-0.25, -0.2) is 4.68 Å². The summed E-state index contributed by atoms with van der Waals surface area (Å²) < 4.78 is 1.87. The molecular weight excluding hydrogens is 350 g/mol. The van der Waals surface area contributed by atoms with Crippen LogP contribution in [0.5, 0.6) is 0 Å². The van der Waals surface area contributed by atoms with E-state index in [2.05, 4.69) is 5.10 Å². The van der Waals surface area contributed by atoms with Crippen LogP contribution in [0.25, 0.3) is 5.69 Å². The summed E-state index contributed by atoms with van der Waals surface area (Å²) in [5.74, 6) is -0.0528. The van der Waals surface area contributed by atoms with Crippen LogP contribution in [0.2, 0.25) is 0 Å². The smallest absolute Gasteiger partial charge is 0.253 e. The van der Waals surface area contributed by atoms with E-state index in [1.54, 1.807) is 4.90 Å². The molecule has 1 aliphatic rings. The Morgan fingerprint density at radius 1 is 1.04 bits per heavy atom. The number of amides is 1. The third-order valence-corrected chi connectivity index (χ3v) is 5.49. The molecule has 0 unspecified atom stereocenters. The lowest BCUT2D eigenvalue weighted by Crippen LogP contribution is -2.34. The summed E-state index contributed by atoms with van der Waals surface area (Å²) in [6.45, 7) is 6.85. The maximum Gasteiger partial charge on any atom is 0.253 e. The van der Waals surface area contributed by atoms with E-state index in [1.165, 1.54) is 0 Å². The third kappa shape index (κ3) is 3.34. The maximum atomic E-state index is 12.9. The molecular formula is C23H25N3O2. The molecule has 1 N–H and O–H groups in total. The van der Waals surface area contributed by atoms with Crippen LogP contribution < -0.4 is 0 Å². The molecule has 0 radical (unpaired) electrons. The lowest BCUT2D eigenvalue weighted by molar-refractivity contribution is 0.0417. The van der Waals surface area contributed by atoms with Gasteiger partial charge in [0, 0.05) is 17.8 Å². The van der Waals surface area contributed by atoms with Crippen molar-refractivity contribution in [3.8, 4) is 5.69 Å². The Morgan fingerprint density at radius 2 is 1.71 bits per heavy atom. The molecule has 5 heteroatoms. The standard InChI is InChI=1S/C23H25N3O2/c1-16-4-8-20(9-5-16)23(28)12-13-25(15-23)22(27)19-6-10-21(11-7-19)26-18(3)14-17(2)24-26/h4-11,14,28H,12-13,15H2,1-3H3/t23-/m0/s1. The second kappa shape index (κ2) is 6.91. The van der Waals surface area contributed by atoms with Crippen molar-refractivity contribution in [2.45, 2.75) is 32.8 Å². The van der Waals surface area contributed by atoms with Gasteiger partial charge in [0.2, 0.25) is 0 Å². The van der Waals surface area contributed by atoms with Crippen LogP contribution >= 0.6 is 0 Å². The highest BCUT2D eigenvalue weighted by Gasteiger charge is 2.39. The number of carbonyl (C=O) groups is 1. The van der Waals surface area contributed by atoms with E-state index in [1.807, 2.05) is 80.1 Å². The summed E-state index contributed by atoms with van der Waals surface area (Å²) in [7, 11) is 0. The number of benzene rings is 2. The van der Waals surface area contributed by atoms with Gasteiger partial charge in [0.05, 0.1) is 17.9 Å². The maximum absolute atomic E-state index is 12.9. The molecule has 1 fully saturated rings. The van der Waals surface area contributed by atoms with Gasteiger partial charge in [-0.15, -0.1) is 0 Å². The van der Waals surface area contributed by atoms with Crippen LogP contribution in [-0.4, -0.2) is 38.8 Å². The van der Waals surface area contributed by atoms with E-state index in [0.29, 0.717) is 25.1 Å². The van der Waals surface area contributed by atoms with E-state index >= 15 is 0 Å². The Morgan fingerprint density at radius 3 is 2.32 bits per heavy atom. The number of rotatable bonds is 3. The predicted molar refractivity (Wildman–Crippen MR) is 109 cm³/mol. The van der Waals surface area contributed by atoms with E-state index in [9.17, 15) is 9.90 Å². The number of aryl methyl sites for hydroxylation is 3. The minimum atomic E-state index is -0.979. The molecule has 1 saturated heterocycles. The van der Waals surface area contributed by atoms with Crippen LogP contribution in [0.3, 0.4) is 0 Å². The number of hydrogen-bond donors (Lipinski definition) is 1. The van der Waals surface area contributed by atoms with Crippen molar-refractivity contribution < 1.29 is 9.90 Å². The average molecular weight is 375 g/mol. The fourth-order valence-corrected chi connectivity index (χ4v) is 3.88. The quantitative estimate of drug-likeness (QED) is 0.762. The largest absolute Gasteiger partial charge is 0.383 e. The summed E-state index contributed by atoms with van der Waals surface area (Å²) in [6.07, 6.45) is 0.547. The summed E-state index contributed by atoms with van der Waals surface area (Å²) >= 11 is 0. The number of likely N-dealkylation sites (tertiary alicyclic amines) is 1. The van der Waals surface area contributed by atoms with Crippen LogP contribution in [0, 0.1) is 20.8 Å². The third-order valence-electron chi connectivity index (χ3n) is 5.49. The average Bonchev–Trinajstić information content (AvgIpc) is 3.24. The zero-order valence-corrected chi connectivity index (χ0v) is 16.5. The van der Waals surface area contributed by atoms with Gasteiger partial charge in [0.1, 0.15) is 5.60 Å². The van der Waals surface area contributed by atoms with Crippen molar-refractivity contribution in [3.05, 3.63) is 82.7 Å². The highest BCUT2D eigenvalue weighted by molar-refractivity contribution is 5.94. The minimum absolute atomic E-state index is 0.0528. The fourth-order valence-electron chi connectivity index (χ4n) is 3.88. The molecule has 0 spiro atoms. The van der Waals surface area contributed by atoms with Crippen molar-refractivity contribution in [2.24, 2.45) is 0 Å². The van der Waals surface area contributed by atoms with Crippen LogP contribution in [0.15, 0.2) is 54.6 Å². The van der Waals surface area contributed by atoms with Gasteiger partial charge in [-0.2, -0.15) is 5.10 Å². The summed E-state index contributed by atoms with van der Waals surface area (Å²) in [5, 5.41) is 15.5. The minimum Gasteiger partial charge on any atom is -0.383 e. The molecule has 0 aliphatic carbocycles. The van der Waals surface area contributed by atoms with Gasteiger partial charge >= 0.3 is 0 Å². The molecule has 1 aliphatic heterocycles. The van der Waals surface area contributed by atoms with Crippen molar-refractivity contribution >= 4 is 5.91 Å². The first-order valence-corrected chi connectivity index (χ1v) is 9.58. The van der Waals surface area contributed by atoms with Crippen LogP contribution in [0.1, 0.15) is 39.3 Å². The lowest BCUT2D eigenvalue weighted by Gasteiger charge is -2.24. The van der Waals surface area contributed by atoms with Crippen LogP contribution in [-0.2, 0) is 5.60 Å². The zero-order valence-electron chi connectivity index (χ0n) is 16.5. The van der Waals surface area contributed by atoms with E-state index < -0.39 is 5.60 Å². The number of carbonyl (C=O) groups excluding carboxylic acids is 1. The van der Waals surface area contributed by atoms with Gasteiger partial charge < -0.3 is 10.0 Å². The highest BCUT2D eigenvalue weighted by atomic mass is 16.3. The molecule has 1 amide bonds. The van der Waals surface area contributed by atoms with E-state index in [-0.39, 0.29) is 5.91 Å². The Balaban J connectivity index is 1.50. The predicted octanol–water partition coefficient (Wildman–Crippen LogP) is 3.53. The molecule has 28 heavy (non-hydrogen) atoms. The molecule has 2 aromatic carbocycles.